The summed E-state index contributed by atoms with van der Waals surface area (Å²) in [6.45, 7) is 2.82. The fraction of sp³-hybridized carbons (Fsp3) is 0.500. The van der Waals surface area contributed by atoms with Crippen LogP contribution in [0.5, 0.6) is 5.75 Å². The van der Waals surface area contributed by atoms with Crippen LogP contribution in [0.15, 0.2) is 12.1 Å². The van der Waals surface area contributed by atoms with Gasteiger partial charge in [-0.1, -0.05) is 0 Å². The van der Waals surface area contributed by atoms with Crippen molar-refractivity contribution in [3.05, 3.63) is 29.1 Å². The second-order valence-electron chi connectivity index (χ2n) is 3.99. The lowest BCUT2D eigenvalue weighted by Gasteiger charge is -2.16. The maximum atomic E-state index is 13.3. The van der Waals surface area contributed by atoms with Gasteiger partial charge in [0.25, 0.3) is 0 Å². The lowest BCUT2D eigenvalue weighted by Crippen LogP contribution is -2.14. The van der Waals surface area contributed by atoms with E-state index >= 15 is 0 Å². The second-order valence-corrected chi connectivity index (χ2v) is 3.99. The number of rotatable bonds is 2. The van der Waals surface area contributed by atoms with Crippen molar-refractivity contribution in [2.75, 3.05) is 13.7 Å². The largest absolute Gasteiger partial charge is 0.496 e. The van der Waals surface area contributed by atoms with Gasteiger partial charge < -0.3 is 10.1 Å². The molecule has 3 heteroatoms. The summed E-state index contributed by atoms with van der Waals surface area (Å²) in [6.07, 6.45) is 2.27. The van der Waals surface area contributed by atoms with Gasteiger partial charge in [0.1, 0.15) is 11.6 Å². The number of aryl methyl sites for hydroxylation is 1. The highest BCUT2D eigenvalue weighted by molar-refractivity contribution is 5.40. The van der Waals surface area contributed by atoms with E-state index in [9.17, 15) is 4.39 Å². The van der Waals surface area contributed by atoms with Gasteiger partial charge >= 0.3 is 0 Å². The molecular formula is C12H16FNO. The molecule has 15 heavy (non-hydrogen) atoms. The van der Waals surface area contributed by atoms with Crippen molar-refractivity contribution in [2.24, 2.45) is 0 Å². The quantitative estimate of drug-likeness (QED) is 0.808. The molecule has 1 aromatic carbocycles. The number of benzene rings is 1. The van der Waals surface area contributed by atoms with Crippen molar-refractivity contribution in [1.29, 1.82) is 0 Å². The molecule has 0 bridgehead atoms. The van der Waals surface area contributed by atoms with E-state index in [4.69, 9.17) is 4.74 Å². The first kappa shape index (κ1) is 10.4. The Balaban J connectivity index is 2.39. The Morgan fingerprint density at radius 2 is 2.27 bits per heavy atom. The maximum absolute atomic E-state index is 13.3. The minimum Gasteiger partial charge on any atom is -0.496 e. The van der Waals surface area contributed by atoms with Gasteiger partial charge in [-0.05, 0) is 37.9 Å². The van der Waals surface area contributed by atoms with Crippen molar-refractivity contribution in [1.82, 2.24) is 5.32 Å². The highest BCUT2D eigenvalue weighted by Crippen LogP contribution is 2.32. The number of halogens is 1. The second kappa shape index (κ2) is 4.19. The molecule has 1 unspecified atom stereocenters. The van der Waals surface area contributed by atoms with Crippen LogP contribution in [-0.2, 0) is 0 Å². The molecular weight excluding hydrogens is 193 g/mol. The van der Waals surface area contributed by atoms with Gasteiger partial charge in [0.05, 0.1) is 7.11 Å². The number of hydrogen-bond acceptors (Lipinski definition) is 2. The molecule has 1 saturated heterocycles. The summed E-state index contributed by atoms with van der Waals surface area (Å²) < 4.78 is 18.5. The van der Waals surface area contributed by atoms with Crippen molar-refractivity contribution < 1.29 is 9.13 Å². The van der Waals surface area contributed by atoms with E-state index in [-0.39, 0.29) is 5.82 Å². The van der Waals surface area contributed by atoms with Crippen LogP contribution in [0, 0.1) is 12.7 Å². The summed E-state index contributed by atoms with van der Waals surface area (Å²) in [7, 11) is 1.59. The van der Waals surface area contributed by atoms with E-state index in [0.717, 1.165) is 18.5 Å². The zero-order chi connectivity index (χ0) is 10.8. The Kier molecular flexibility index (Phi) is 2.91. The number of ether oxygens (including phenoxy) is 1. The van der Waals surface area contributed by atoms with Gasteiger partial charge in [-0.3, -0.25) is 0 Å². The van der Waals surface area contributed by atoms with E-state index in [2.05, 4.69) is 5.32 Å². The van der Waals surface area contributed by atoms with Crippen LogP contribution in [0.1, 0.15) is 30.0 Å². The van der Waals surface area contributed by atoms with Crippen LogP contribution in [0.25, 0.3) is 0 Å². The Bertz CT molecular complexity index is 359. The summed E-state index contributed by atoms with van der Waals surface area (Å²) >= 11 is 0. The van der Waals surface area contributed by atoms with E-state index in [1.165, 1.54) is 12.5 Å². The van der Waals surface area contributed by atoms with Crippen LogP contribution in [-0.4, -0.2) is 13.7 Å². The zero-order valence-corrected chi connectivity index (χ0v) is 9.14. The topological polar surface area (TPSA) is 21.3 Å². The predicted molar refractivity (Wildman–Crippen MR) is 57.7 cm³/mol. The van der Waals surface area contributed by atoms with Gasteiger partial charge in [0, 0.05) is 17.7 Å². The molecule has 1 fully saturated rings. The normalized spacial score (nSPS) is 20.6. The third-order valence-electron chi connectivity index (χ3n) is 2.95. The maximum Gasteiger partial charge on any atom is 0.129 e. The first-order valence-electron chi connectivity index (χ1n) is 5.30. The molecule has 0 amide bonds. The molecule has 1 atom stereocenters. The SMILES string of the molecule is COc1cc(F)c(C)cc1C1CCCN1. The zero-order valence-electron chi connectivity index (χ0n) is 9.14. The Morgan fingerprint density at radius 1 is 1.47 bits per heavy atom. The monoisotopic (exact) mass is 209 g/mol. The molecule has 0 saturated carbocycles. The van der Waals surface area contributed by atoms with Crippen molar-refractivity contribution >= 4 is 0 Å². The number of hydrogen-bond donors (Lipinski definition) is 1. The first-order valence-corrected chi connectivity index (χ1v) is 5.30. The van der Waals surface area contributed by atoms with Crippen LogP contribution in [0.3, 0.4) is 0 Å². The van der Waals surface area contributed by atoms with Crippen LogP contribution >= 0.6 is 0 Å². The highest BCUT2D eigenvalue weighted by Gasteiger charge is 2.20. The van der Waals surface area contributed by atoms with Crippen molar-refractivity contribution in [2.45, 2.75) is 25.8 Å². The Labute approximate surface area is 89.4 Å². The fourth-order valence-corrected chi connectivity index (χ4v) is 2.08. The molecule has 0 aliphatic carbocycles. The first-order chi connectivity index (χ1) is 7.22. The molecule has 2 rings (SSSR count). The van der Waals surface area contributed by atoms with Gasteiger partial charge in [-0.25, -0.2) is 4.39 Å². The number of nitrogens with one attached hydrogen (secondary N) is 1. The molecule has 0 aromatic heterocycles. The molecule has 2 nitrogen and oxygen atoms in total. The summed E-state index contributed by atoms with van der Waals surface area (Å²) in [4.78, 5) is 0. The molecule has 1 aliphatic rings. The summed E-state index contributed by atoms with van der Waals surface area (Å²) in [5.74, 6) is 0.450. The van der Waals surface area contributed by atoms with E-state index in [1.54, 1.807) is 14.0 Å². The average Bonchev–Trinajstić information content (AvgIpc) is 2.74. The minimum absolute atomic E-state index is 0.200. The lowest BCUT2D eigenvalue weighted by atomic mass is 10.0. The molecule has 1 N–H and O–H groups in total. The van der Waals surface area contributed by atoms with Crippen LogP contribution in [0.2, 0.25) is 0 Å². The van der Waals surface area contributed by atoms with Gasteiger partial charge in [0.2, 0.25) is 0 Å². The van der Waals surface area contributed by atoms with E-state index < -0.39 is 0 Å². The number of methoxy groups -OCH3 is 1. The minimum atomic E-state index is -0.200. The summed E-state index contributed by atoms with van der Waals surface area (Å²) in [5, 5.41) is 3.39. The molecule has 1 aliphatic heterocycles. The van der Waals surface area contributed by atoms with Gasteiger partial charge in [0.15, 0.2) is 0 Å². The standard InChI is InChI=1S/C12H16FNO/c1-8-6-9(11-4-3-5-14-11)12(15-2)7-10(8)13/h6-7,11,14H,3-5H2,1-2H3. The van der Waals surface area contributed by atoms with Crippen molar-refractivity contribution in [3.63, 3.8) is 0 Å². The predicted octanol–water partition coefficient (Wildman–Crippen LogP) is 2.57. The van der Waals surface area contributed by atoms with Gasteiger partial charge in [-0.15, -0.1) is 0 Å². The highest BCUT2D eigenvalue weighted by atomic mass is 19.1. The molecule has 1 aromatic rings. The third-order valence-corrected chi connectivity index (χ3v) is 2.95. The molecule has 1 heterocycles. The van der Waals surface area contributed by atoms with Crippen molar-refractivity contribution in [3.8, 4) is 5.75 Å². The average molecular weight is 209 g/mol. The summed E-state index contributed by atoms with van der Waals surface area (Å²) in [6, 6.07) is 3.68. The Hall–Kier alpha value is -1.09. The lowest BCUT2D eigenvalue weighted by molar-refractivity contribution is 0.399. The Morgan fingerprint density at radius 3 is 2.87 bits per heavy atom. The fourth-order valence-electron chi connectivity index (χ4n) is 2.08. The summed E-state index contributed by atoms with van der Waals surface area (Å²) in [5.41, 5.74) is 1.76. The van der Waals surface area contributed by atoms with Crippen LogP contribution < -0.4 is 10.1 Å². The van der Waals surface area contributed by atoms with E-state index in [0.29, 0.717) is 17.4 Å². The third kappa shape index (κ3) is 1.97. The smallest absolute Gasteiger partial charge is 0.129 e. The molecule has 0 spiro atoms. The molecule has 82 valence electrons. The molecule has 0 radical (unpaired) electrons. The van der Waals surface area contributed by atoms with Gasteiger partial charge in [-0.2, -0.15) is 0 Å². The van der Waals surface area contributed by atoms with Crippen LogP contribution in [0.4, 0.5) is 4.39 Å². The van der Waals surface area contributed by atoms with E-state index in [1.807, 2.05) is 6.07 Å².